The van der Waals surface area contributed by atoms with Crippen molar-refractivity contribution in [2.24, 2.45) is 0 Å². The van der Waals surface area contributed by atoms with Crippen LogP contribution in [-0.2, 0) is 25.9 Å². The molecule has 20 heavy (non-hydrogen) atoms. The molecule has 1 aromatic heterocycles. The maximum absolute atomic E-state index is 12.4. The van der Waals surface area contributed by atoms with Gasteiger partial charge in [-0.05, 0) is 36.5 Å². The number of hydrogen-bond acceptors (Lipinski definition) is 2. The predicted octanol–water partition coefficient (Wildman–Crippen LogP) is 4.46. The summed E-state index contributed by atoms with van der Waals surface area (Å²) >= 11 is 1.90. The number of halogens is 2. The molecule has 1 nitrogen and oxygen atoms in total. The summed E-state index contributed by atoms with van der Waals surface area (Å²) in [5, 5.41) is 3.38. The molecular weight excluding hydrogens is 276 g/mol. The highest BCUT2D eigenvalue weighted by atomic mass is 32.1. The summed E-state index contributed by atoms with van der Waals surface area (Å²) in [6.45, 7) is 1.57. The Bertz CT molecular complexity index is 553. The highest BCUT2D eigenvalue weighted by Crippen LogP contribution is 2.30. The fourth-order valence-corrected chi connectivity index (χ4v) is 3.82. The van der Waals surface area contributed by atoms with Crippen LogP contribution in [0.15, 0.2) is 30.3 Å². The van der Waals surface area contributed by atoms with Gasteiger partial charge in [0.25, 0.3) is 6.43 Å². The summed E-state index contributed by atoms with van der Waals surface area (Å²) in [6.07, 6.45) is 1.37. The van der Waals surface area contributed by atoms with Crippen LogP contribution in [0.2, 0.25) is 0 Å². The number of fused-ring (bicyclic) bond motifs is 1. The second-order valence-corrected chi connectivity index (χ2v) is 6.38. The van der Waals surface area contributed by atoms with Crippen molar-refractivity contribution >= 4 is 11.3 Å². The van der Waals surface area contributed by atoms with Crippen LogP contribution in [0.5, 0.6) is 0 Å². The molecular formula is C16H17F2NS. The Hall–Kier alpha value is -1.26. The lowest BCUT2D eigenvalue weighted by molar-refractivity contribution is 0.151. The van der Waals surface area contributed by atoms with Crippen LogP contribution in [0.4, 0.5) is 8.78 Å². The number of rotatable bonds is 5. The minimum Gasteiger partial charge on any atom is -0.308 e. The van der Waals surface area contributed by atoms with Crippen LogP contribution in [0.1, 0.15) is 39.3 Å². The average Bonchev–Trinajstić information content (AvgIpc) is 3.00. The Morgan fingerprint density at radius 2 is 1.90 bits per heavy atom. The van der Waals surface area contributed by atoms with Crippen molar-refractivity contribution in [3.05, 3.63) is 56.8 Å². The third-order valence-corrected chi connectivity index (χ3v) is 4.89. The number of nitrogens with one attached hydrogen (secondary N) is 1. The van der Waals surface area contributed by atoms with Gasteiger partial charge in [0.1, 0.15) is 0 Å². The molecule has 106 valence electrons. The molecule has 1 heterocycles. The van der Waals surface area contributed by atoms with E-state index in [2.05, 4.69) is 11.4 Å². The van der Waals surface area contributed by atoms with Crippen molar-refractivity contribution in [1.29, 1.82) is 0 Å². The zero-order valence-corrected chi connectivity index (χ0v) is 12.0. The molecule has 0 atom stereocenters. The van der Waals surface area contributed by atoms with Crippen LogP contribution < -0.4 is 5.32 Å². The Kier molecular flexibility index (Phi) is 4.13. The van der Waals surface area contributed by atoms with Crippen LogP contribution >= 0.6 is 11.3 Å². The standard InChI is InChI=1S/C16H17F2NS/c17-16(18)12-6-4-11(5-7-12)9-19-10-14-8-13-2-1-3-15(13)20-14/h4-8,16,19H,1-3,9-10H2. The summed E-state index contributed by atoms with van der Waals surface area (Å²) in [6, 6.07) is 8.84. The summed E-state index contributed by atoms with van der Waals surface area (Å²) in [5.74, 6) is 0. The van der Waals surface area contributed by atoms with Gasteiger partial charge in [-0.2, -0.15) is 0 Å². The molecule has 0 unspecified atom stereocenters. The monoisotopic (exact) mass is 293 g/mol. The summed E-state index contributed by atoms with van der Waals surface area (Å²) < 4.78 is 24.9. The average molecular weight is 293 g/mol. The van der Waals surface area contributed by atoms with Crippen molar-refractivity contribution < 1.29 is 8.78 Å². The van der Waals surface area contributed by atoms with Gasteiger partial charge in [0.2, 0.25) is 0 Å². The summed E-state index contributed by atoms with van der Waals surface area (Å²) in [4.78, 5) is 2.92. The third-order valence-electron chi connectivity index (χ3n) is 3.66. The highest BCUT2D eigenvalue weighted by Gasteiger charge is 2.14. The van der Waals surface area contributed by atoms with E-state index in [-0.39, 0.29) is 5.56 Å². The second kappa shape index (κ2) is 6.02. The van der Waals surface area contributed by atoms with E-state index in [0.717, 1.165) is 12.1 Å². The molecule has 0 fully saturated rings. The van der Waals surface area contributed by atoms with Crippen LogP contribution in [-0.4, -0.2) is 0 Å². The smallest absolute Gasteiger partial charge is 0.263 e. The fourth-order valence-electron chi connectivity index (χ4n) is 2.59. The summed E-state index contributed by atoms with van der Waals surface area (Å²) in [5.41, 5.74) is 2.65. The number of benzene rings is 1. The molecule has 2 aromatic rings. The second-order valence-electron chi connectivity index (χ2n) is 5.16. The number of alkyl halides is 2. The van der Waals surface area contributed by atoms with Crippen molar-refractivity contribution in [3.8, 4) is 0 Å². The van der Waals surface area contributed by atoms with Crippen LogP contribution in [0.25, 0.3) is 0 Å². The van der Waals surface area contributed by atoms with E-state index >= 15 is 0 Å². The van der Waals surface area contributed by atoms with Gasteiger partial charge in [-0.3, -0.25) is 0 Å². The summed E-state index contributed by atoms with van der Waals surface area (Å²) in [7, 11) is 0. The first-order valence-electron chi connectivity index (χ1n) is 6.90. The lowest BCUT2D eigenvalue weighted by Gasteiger charge is -2.05. The van der Waals surface area contributed by atoms with E-state index in [4.69, 9.17) is 0 Å². The molecule has 0 amide bonds. The van der Waals surface area contributed by atoms with E-state index in [1.54, 1.807) is 17.0 Å². The van der Waals surface area contributed by atoms with E-state index in [9.17, 15) is 8.78 Å². The maximum atomic E-state index is 12.4. The van der Waals surface area contributed by atoms with Gasteiger partial charge in [-0.25, -0.2) is 8.78 Å². The number of thiophene rings is 1. The van der Waals surface area contributed by atoms with E-state index < -0.39 is 6.43 Å². The van der Waals surface area contributed by atoms with Gasteiger partial charge in [0, 0.05) is 28.4 Å². The lowest BCUT2D eigenvalue weighted by atomic mass is 10.1. The Morgan fingerprint density at radius 3 is 2.60 bits per heavy atom. The van der Waals surface area contributed by atoms with Gasteiger partial charge >= 0.3 is 0 Å². The number of aryl methyl sites for hydroxylation is 2. The Labute approximate surface area is 121 Å². The first-order chi connectivity index (χ1) is 9.72. The molecule has 1 aliphatic carbocycles. The van der Waals surface area contributed by atoms with Gasteiger partial charge in [0.15, 0.2) is 0 Å². The number of hydrogen-bond donors (Lipinski definition) is 1. The maximum Gasteiger partial charge on any atom is 0.263 e. The largest absolute Gasteiger partial charge is 0.308 e. The SMILES string of the molecule is FC(F)c1ccc(CNCc2cc3c(s2)CCC3)cc1. The predicted molar refractivity (Wildman–Crippen MR) is 78.3 cm³/mol. The molecule has 0 radical (unpaired) electrons. The zero-order valence-electron chi connectivity index (χ0n) is 11.2. The molecule has 1 N–H and O–H groups in total. The minimum atomic E-state index is -2.38. The van der Waals surface area contributed by atoms with Crippen molar-refractivity contribution in [2.45, 2.75) is 38.8 Å². The van der Waals surface area contributed by atoms with Crippen molar-refractivity contribution in [1.82, 2.24) is 5.32 Å². The first-order valence-corrected chi connectivity index (χ1v) is 7.72. The lowest BCUT2D eigenvalue weighted by Crippen LogP contribution is -2.11. The van der Waals surface area contributed by atoms with Gasteiger partial charge in [-0.15, -0.1) is 11.3 Å². The van der Waals surface area contributed by atoms with Crippen molar-refractivity contribution in [2.75, 3.05) is 0 Å². The van der Waals surface area contributed by atoms with E-state index in [0.29, 0.717) is 6.54 Å². The minimum absolute atomic E-state index is 0.0865. The molecule has 0 saturated heterocycles. The molecule has 1 aromatic carbocycles. The fraction of sp³-hybridized carbons (Fsp3) is 0.375. The first kappa shape index (κ1) is 13.7. The molecule has 0 spiro atoms. The molecule has 4 heteroatoms. The van der Waals surface area contributed by atoms with Gasteiger partial charge in [0.05, 0.1) is 0 Å². The van der Waals surface area contributed by atoms with Crippen molar-refractivity contribution in [3.63, 3.8) is 0 Å². The Morgan fingerprint density at radius 1 is 1.10 bits per heavy atom. The molecule has 0 aliphatic heterocycles. The van der Waals surface area contributed by atoms with Crippen LogP contribution in [0.3, 0.4) is 0 Å². The Balaban J connectivity index is 1.51. The quantitative estimate of drug-likeness (QED) is 0.858. The third kappa shape index (κ3) is 3.07. The molecule has 3 rings (SSSR count). The molecule has 0 saturated carbocycles. The zero-order chi connectivity index (χ0) is 13.9. The van der Waals surface area contributed by atoms with Gasteiger partial charge in [-0.1, -0.05) is 24.3 Å². The highest BCUT2D eigenvalue weighted by molar-refractivity contribution is 7.12. The van der Waals surface area contributed by atoms with E-state index in [1.165, 1.54) is 41.8 Å². The molecule has 1 aliphatic rings. The normalized spacial score (nSPS) is 13.9. The van der Waals surface area contributed by atoms with Gasteiger partial charge < -0.3 is 5.32 Å². The topological polar surface area (TPSA) is 12.0 Å². The van der Waals surface area contributed by atoms with Crippen LogP contribution in [0, 0.1) is 0 Å². The molecule has 0 bridgehead atoms. The van der Waals surface area contributed by atoms with E-state index in [1.807, 2.05) is 11.3 Å².